The van der Waals surface area contributed by atoms with Crippen LogP contribution in [-0.2, 0) is 6.18 Å². The summed E-state index contributed by atoms with van der Waals surface area (Å²) < 4.78 is 43.9. The Morgan fingerprint density at radius 3 is 2.56 bits per heavy atom. The Morgan fingerprint density at radius 1 is 1.28 bits per heavy atom. The van der Waals surface area contributed by atoms with Crippen LogP contribution in [0.2, 0.25) is 0 Å². The van der Waals surface area contributed by atoms with Crippen LogP contribution in [-0.4, -0.2) is 55.9 Å². The SMILES string of the molecule is CN(CC(O)COc1ccccc1C(F)(F)F)CC1CCNCC1.Cl. The molecule has 1 saturated heterocycles. The van der Waals surface area contributed by atoms with Gasteiger partial charge in [0.05, 0.1) is 5.56 Å². The normalized spacial score (nSPS) is 17.2. The maximum atomic E-state index is 12.9. The molecule has 1 aromatic rings. The molecule has 2 N–H and O–H groups in total. The largest absolute Gasteiger partial charge is 0.490 e. The zero-order valence-corrected chi connectivity index (χ0v) is 15.1. The summed E-state index contributed by atoms with van der Waals surface area (Å²) in [5.41, 5.74) is -0.819. The third kappa shape index (κ3) is 7.40. The van der Waals surface area contributed by atoms with E-state index in [9.17, 15) is 18.3 Å². The van der Waals surface area contributed by atoms with Crippen LogP contribution in [0.5, 0.6) is 5.75 Å². The van der Waals surface area contributed by atoms with Gasteiger partial charge in [0.2, 0.25) is 0 Å². The van der Waals surface area contributed by atoms with Gasteiger partial charge in [-0.25, -0.2) is 0 Å². The van der Waals surface area contributed by atoms with E-state index in [1.165, 1.54) is 18.2 Å². The lowest BCUT2D eigenvalue weighted by Crippen LogP contribution is -2.39. The minimum Gasteiger partial charge on any atom is -0.490 e. The number of likely N-dealkylation sites (N-methyl/N-ethyl adjacent to an activating group) is 1. The van der Waals surface area contributed by atoms with Crippen LogP contribution in [0, 0.1) is 5.92 Å². The van der Waals surface area contributed by atoms with Gasteiger partial charge in [-0.1, -0.05) is 12.1 Å². The van der Waals surface area contributed by atoms with E-state index in [0.29, 0.717) is 12.5 Å². The first-order valence-corrected chi connectivity index (χ1v) is 8.22. The first-order chi connectivity index (χ1) is 11.4. The minimum absolute atomic E-state index is 0. The maximum absolute atomic E-state index is 12.9. The second kappa shape index (κ2) is 10.2. The van der Waals surface area contributed by atoms with Gasteiger partial charge in [-0.15, -0.1) is 12.4 Å². The highest BCUT2D eigenvalue weighted by atomic mass is 35.5. The van der Waals surface area contributed by atoms with E-state index >= 15 is 0 Å². The molecular formula is C17H26ClF3N2O2. The smallest absolute Gasteiger partial charge is 0.419 e. The lowest BCUT2D eigenvalue weighted by Gasteiger charge is -2.28. The third-order valence-electron chi connectivity index (χ3n) is 4.17. The van der Waals surface area contributed by atoms with Crippen molar-refractivity contribution in [3.63, 3.8) is 0 Å². The Hall–Kier alpha value is -1.02. The van der Waals surface area contributed by atoms with E-state index in [0.717, 1.165) is 38.5 Å². The fourth-order valence-corrected chi connectivity index (χ4v) is 3.00. The average molecular weight is 383 g/mol. The predicted molar refractivity (Wildman–Crippen MR) is 93.3 cm³/mol. The van der Waals surface area contributed by atoms with Crippen LogP contribution in [0.1, 0.15) is 18.4 Å². The number of benzene rings is 1. The molecule has 144 valence electrons. The molecule has 1 aliphatic heterocycles. The Bertz CT molecular complexity index is 511. The first kappa shape index (κ1) is 22.0. The highest BCUT2D eigenvalue weighted by Crippen LogP contribution is 2.35. The second-order valence-electron chi connectivity index (χ2n) is 6.37. The number of aliphatic hydroxyl groups is 1. The van der Waals surface area contributed by atoms with Crippen LogP contribution >= 0.6 is 12.4 Å². The van der Waals surface area contributed by atoms with Crippen LogP contribution in [0.25, 0.3) is 0 Å². The number of aliphatic hydroxyl groups excluding tert-OH is 1. The standard InChI is InChI=1S/C17H25F3N2O2.ClH/c1-22(10-13-6-8-21-9-7-13)11-14(23)12-24-16-5-3-2-4-15(16)17(18,19)20;/h2-5,13-14,21,23H,6-12H2,1H3;1H. The molecule has 0 bridgehead atoms. The van der Waals surface area contributed by atoms with Gasteiger partial charge in [-0.3, -0.25) is 0 Å². The molecule has 1 heterocycles. The summed E-state index contributed by atoms with van der Waals surface area (Å²) in [7, 11) is 1.91. The summed E-state index contributed by atoms with van der Waals surface area (Å²) in [4.78, 5) is 2.01. The Morgan fingerprint density at radius 2 is 1.92 bits per heavy atom. The number of nitrogens with one attached hydrogen (secondary N) is 1. The molecule has 1 atom stereocenters. The summed E-state index contributed by atoms with van der Waals surface area (Å²) in [6.45, 7) is 3.11. The molecule has 1 fully saturated rings. The van der Waals surface area contributed by atoms with Crippen LogP contribution in [0.3, 0.4) is 0 Å². The lowest BCUT2D eigenvalue weighted by molar-refractivity contribution is -0.139. The summed E-state index contributed by atoms with van der Waals surface area (Å²) in [5.74, 6) is 0.348. The van der Waals surface area contributed by atoms with E-state index in [2.05, 4.69) is 5.32 Å². The molecule has 1 unspecified atom stereocenters. The first-order valence-electron chi connectivity index (χ1n) is 8.22. The van der Waals surface area contributed by atoms with Gasteiger partial charge in [-0.2, -0.15) is 13.2 Å². The van der Waals surface area contributed by atoms with E-state index in [1.807, 2.05) is 11.9 Å². The second-order valence-corrected chi connectivity index (χ2v) is 6.37. The lowest BCUT2D eigenvalue weighted by atomic mass is 9.97. The van der Waals surface area contributed by atoms with Crippen molar-refractivity contribution < 1.29 is 23.0 Å². The molecule has 0 amide bonds. The summed E-state index contributed by atoms with van der Waals surface area (Å²) in [6.07, 6.45) is -3.09. The van der Waals surface area contributed by atoms with Crippen molar-refractivity contribution in [3.8, 4) is 5.75 Å². The van der Waals surface area contributed by atoms with E-state index < -0.39 is 17.8 Å². The zero-order valence-electron chi connectivity index (χ0n) is 14.3. The highest BCUT2D eigenvalue weighted by Gasteiger charge is 2.34. The number of nitrogens with zero attached hydrogens (tertiary/aromatic N) is 1. The molecule has 0 saturated carbocycles. The Labute approximate surface area is 152 Å². The van der Waals surface area contributed by atoms with E-state index in [-0.39, 0.29) is 24.8 Å². The topological polar surface area (TPSA) is 44.7 Å². The van der Waals surface area contributed by atoms with E-state index in [1.54, 1.807) is 0 Å². The fourth-order valence-electron chi connectivity index (χ4n) is 3.00. The highest BCUT2D eigenvalue weighted by molar-refractivity contribution is 5.85. The third-order valence-corrected chi connectivity index (χ3v) is 4.17. The molecule has 1 aromatic carbocycles. The van der Waals surface area contributed by atoms with Gasteiger partial charge in [0.15, 0.2) is 0 Å². The Balaban J connectivity index is 0.00000312. The molecule has 4 nitrogen and oxygen atoms in total. The number of rotatable bonds is 7. The summed E-state index contributed by atoms with van der Waals surface area (Å²) in [6, 6.07) is 5.05. The molecule has 0 aromatic heterocycles. The molecular weight excluding hydrogens is 357 g/mol. The van der Waals surface area contributed by atoms with Crippen LogP contribution in [0.4, 0.5) is 13.2 Å². The average Bonchev–Trinajstić information content (AvgIpc) is 2.53. The maximum Gasteiger partial charge on any atom is 0.419 e. The van der Waals surface area contributed by atoms with Gasteiger partial charge in [0.1, 0.15) is 18.5 Å². The fraction of sp³-hybridized carbons (Fsp3) is 0.647. The summed E-state index contributed by atoms with van der Waals surface area (Å²) >= 11 is 0. The molecule has 25 heavy (non-hydrogen) atoms. The van der Waals surface area contributed by atoms with Crippen LogP contribution < -0.4 is 10.1 Å². The number of alkyl halides is 3. The number of halogens is 4. The number of hydrogen-bond acceptors (Lipinski definition) is 4. The zero-order chi connectivity index (χ0) is 17.6. The summed E-state index contributed by atoms with van der Waals surface area (Å²) in [5, 5.41) is 13.3. The quantitative estimate of drug-likeness (QED) is 0.761. The van der Waals surface area contributed by atoms with Crippen molar-refractivity contribution in [2.24, 2.45) is 5.92 Å². The van der Waals surface area contributed by atoms with Crippen LogP contribution in [0.15, 0.2) is 24.3 Å². The van der Waals surface area contributed by atoms with Crippen molar-refractivity contribution in [1.82, 2.24) is 10.2 Å². The molecule has 2 rings (SSSR count). The number of piperidine rings is 1. The van der Waals surface area contributed by atoms with Gasteiger partial charge in [0, 0.05) is 13.1 Å². The number of ether oxygens (including phenoxy) is 1. The molecule has 0 spiro atoms. The van der Waals surface area contributed by atoms with Crippen molar-refractivity contribution in [2.75, 3.05) is 39.8 Å². The predicted octanol–water partition coefficient (Wildman–Crippen LogP) is 2.80. The van der Waals surface area contributed by atoms with Gasteiger partial charge in [0.25, 0.3) is 0 Å². The van der Waals surface area contributed by atoms with Gasteiger partial charge in [-0.05, 0) is 51.0 Å². The van der Waals surface area contributed by atoms with Crippen molar-refractivity contribution >= 4 is 12.4 Å². The molecule has 1 aliphatic rings. The Kier molecular flexibility index (Phi) is 8.99. The molecule has 0 aliphatic carbocycles. The monoisotopic (exact) mass is 382 g/mol. The van der Waals surface area contributed by atoms with Crippen molar-refractivity contribution in [2.45, 2.75) is 25.1 Å². The van der Waals surface area contributed by atoms with Gasteiger partial charge >= 0.3 is 6.18 Å². The van der Waals surface area contributed by atoms with Crippen molar-refractivity contribution in [1.29, 1.82) is 0 Å². The molecule has 8 heteroatoms. The van der Waals surface area contributed by atoms with Crippen molar-refractivity contribution in [3.05, 3.63) is 29.8 Å². The van der Waals surface area contributed by atoms with Gasteiger partial charge < -0.3 is 20.1 Å². The minimum atomic E-state index is -4.46. The number of hydrogen-bond donors (Lipinski definition) is 2. The molecule has 0 radical (unpaired) electrons. The van der Waals surface area contributed by atoms with E-state index in [4.69, 9.17) is 4.74 Å². The number of para-hydroxylation sites is 1.